The Balaban J connectivity index is 1.84. The highest BCUT2D eigenvalue weighted by atomic mass is 16.3. The second-order valence-electron chi connectivity index (χ2n) is 8.60. The van der Waals surface area contributed by atoms with Gasteiger partial charge in [-0.2, -0.15) is 0 Å². The number of aromatic hydroxyl groups is 7. The minimum atomic E-state index is -0.610. The van der Waals surface area contributed by atoms with Crippen LogP contribution < -0.4 is 0 Å². The SMILES string of the molecule is Oc1ccc(C=C2c3cc(O)cc(O)c3[C@@H](c3ccc(O)c(O)c3)[C@@H]2c2cc(O)cc(O)c2)cc1. The molecule has 0 aromatic heterocycles. The average Bonchev–Trinajstić information content (AvgIpc) is 3.11. The van der Waals surface area contributed by atoms with Crippen LogP contribution in [0.1, 0.15) is 39.7 Å². The molecule has 7 heteroatoms. The summed E-state index contributed by atoms with van der Waals surface area (Å²) in [6.45, 7) is 0. The van der Waals surface area contributed by atoms with E-state index in [-0.39, 0.29) is 40.2 Å². The summed E-state index contributed by atoms with van der Waals surface area (Å²) >= 11 is 0. The Hall–Kier alpha value is -4.78. The van der Waals surface area contributed by atoms with Crippen molar-refractivity contribution in [2.75, 3.05) is 0 Å². The fraction of sp³-hybridized carbons (Fsp3) is 0.0714. The number of hydrogen-bond donors (Lipinski definition) is 7. The van der Waals surface area contributed by atoms with Crippen LogP contribution in [0.5, 0.6) is 40.2 Å². The van der Waals surface area contributed by atoms with E-state index in [2.05, 4.69) is 0 Å². The molecule has 0 bridgehead atoms. The van der Waals surface area contributed by atoms with Crippen LogP contribution in [0, 0.1) is 0 Å². The predicted molar refractivity (Wildman–Crippen MR) is 130 cm³/mol. The predicted octanol–water partition coefficient (Wildman–Crippen LogP) is 5.10. The number of hydrogen-bond acceptors (Lipinski definition) is 7. The van der Waals surface area contributed by atoms with Crippen LogP contribution in [-0.2, 0) is 0 Å². The van der Waals surface area contributed by atoms with E-state index >= 15 is 0 Å². The molecule has 0 heterocycles. The number of benzene rings is 4. The van der Waals surface area contributed by atoms with Crippen molar-refractivity contribution in [1.82, 2.24) is 0 Å². The van der Waals surface area contributed by atoms with Gasteiger partial charge in [0.2, 0.25) is 0 Å². The Kier molecular flexibility index (Phi) is 5.17. The lowest BCUT2D eigenvalue weighted by Crippen LogP contribution is -2.08. The summed E-state index contributed by atoms with van der Waals surface area (Å²) in [7, 11) is 0. The smallest absolute Gasteiger partial charge is 0.157 e. The first-order valence-electron chi connectivity index (χ1n) is 10.8. The van der Waals surface area contributed by atoms with Gasteiger partial charge in [-0.25, -0.2) is 0 Å². The van der Waals surface area contributed by atoms with Gasteiger partial charge in [-0.3, -0.25) is 0 Å². The van der Waals surface area contributed by atoms with Crippen molar-refractivity contribution in [3.63, 3.8) is 0 Å². The Morgan fingerprint density at radius 1 is 0.486 bits per heavy atom. The lowest BCUT2D eigenvalue weighted by atomic mass is 9.79. The maximum Gasteiger partial charge on any atom is 0.157 e. The van der Waals surface area contributed by atoms with E-state index in [1.165, 1.54) is 54.6 Å². The van der Waals surface area contributed by atoms with E-state index < -0.39 is 11.8 Å². The third-order valence-corrected chi connectivity index (χ3v) is 6.29. The van der Waals surface area contributed by atoms with E-state index in [0.29, 0.717) is 27.8 Å². The van der Waals surface area contributed by atoms with Crippen LogP contribution >= 0.6 is 0 Å². The van der Waals surface area contributed by atoms with E-state index in [9.17, 15) is 35.7 Å². The van der Waals surface area contributed by atoms with Gasteiger partial charge in [-0.1, -0.05) is 24.3 Å². The third-order valence-electron chi connectivity index (χ3n) is 6.29. The van der Waals surface area contributed by atoms with E-state index in [1.54, 1.807) is 18.2 Å². The van der Waals surface area contributed by atoms with Crippen molar-refractivity contribution >= 4 is 11.6 Å². The van der Waals surface area contributed by atoms with Gasteiger partial charge in [-0.15, -0.1) is 0 Å². The highest BCUT2D eigenvalue weighted by Gasteiger charge is 2.41. The standard InChI is InChI=1S/C28H22O7/c29-17-4-1-14(2-5-17)7-21-22-12-20(32)13-25(35)28(22)27(15-3-6-23(33)24(34)10-15)26(21)16-8-18(30)11-19(31)9-16/h1-13,26-27,29-35H/t26-,27+/m1/s1. The molecule has 0 saturated heterocycles. The molecule has 0 amide bonds. The molecule has 176 valence electrons. The zero-order valence-corrected chi connectivity index (χ0v) is 18.3. The van der Waals surface area contributed by atoms with Crippen molar-refractivity contribution in [3.8, 4) is 40.2 Å². The van der Waals surface area contributed by atoms with E-state index in [1.807, 2.05) is 6.08 Å². The molecule has 4 aromatic rings. The zero-order valence-electron chi connectivity index (χ0n) is 18.3. The van der Waals surface area contributed by atoms with Crippen molar-refractivity contribution in [1.29, 1.82) is 0 Å². The molecule has 1 aliphatic rings. The van der Waals surface area contributed by atoms with Crippen molar-refractivity contribution in [2.45, 2.75) is 11.8 Å². The number of rotatable bonds is 3. The molecule has 0 aliphatic heterocycles. The number of fused-ring (bicyclic) bond motifs is 1. The van der Waals surface area contributed by atoms with Crippen LogP contribution in [0.4, 0.5) is 0 Å². The molecule has 35 heavy (non-hydrogen) atoms. The van der Waals surface area contributed by atoms with Gasteiger partial charge in [0.25, 0.3) is 0 Å². The summed E-state index contributed by atoms with van der Waals surface area (Å²) in [4.78, 5) is 0. The molecule has 0 fully saturated rings. The molecule has 0 saturated carbocycles. The molecule has 7 nitrogen and oxygen atoms in total. The van der Waals surface area contributed by atoms with Crippen LogP contribution in [0.2, 0.25) is 0 Å². The molecular formula is C28H22O7. The first-order chi connectivity index (χ1) is 16.7. The number of phenolic OH excluding ortho intramolecular Hbond substituents is 7. The van der Waals surface area contributed by atoms with Gasteiger partial charge >= 0.3 is 0 Å². The second kappa shape index (κ2) is 8.22. The first-order valence-corrected chi connectivity index (χ1v) is 10.8. The molecular weight excluding hydrogens is 448 g/mol. The second-order valence-corrected chi connectivity index (χ2v) is 8.60. The average molecular weight is 470 g/mol. The largest absolute Gasteiger partial charge is 0.508 e. The summed E-state index contributed by atoms with van der Waals surface area (Å²) in [6, 6.07) is 17.8. The van der Waals surface area contributed by atoms with Crippen molar-refractivity contribution in [2.24, 2.45) is 0 Å². The summed E-state index contributed by atoms with van der Waals surface area (Å²) < 4.78 is 0. The Morgan fingerprint density at radius 2 is 1.14 bits per heavy atom. The molecule has 0 unspecified atom stereocenters. The Labute approximate surface area is 200 Å². The van der Waals surface area contributed by atoms with Gasteiger partial charge < -0.3 is 35.7 Å². The maximum atomic E-state index is 10.9. The summed E-state index contributed by atoms with van der Waals surface area (Å²) in [6.07, 6.45) is 1.84. The topological polar surface area (TPSA) is 142 Å². The quantitative estimate of drug-likeness (QED) is 0.207. The van der Waals surface area contributed by atoms with Gasteiger partial charge in [0, 0.05) is 29.5 Å². The van der Waals surface area contributed by atoms with Gasteiger partial charge in [-0.05, 0) is 70.3 Å². The van der Waals surface area contributed by atoms with Gasteiger partial charge in [0.15, 0.2) is 11.5 Å². The molecule has 7 N–H and O–H groups in total. The van der Waals surface area contributed by atoms with Gasteiger partial charge in [0.1, 0.15) is 28.7 Å². The highest BCUT2D eigenvalue weighted by Crippen LogP contribution is 2.59. The summed E-state index contributed by atoms with van der Waals surface area (Å²) in [5.41, 5.74) is 3.51. The Bertz CT molecular complexity index is 1450. The molecule has 4 aromatic carbocycles. The van der Waals surface area contributed by atoms with Crippen LogP contribution in [0.3, 0.4) is 0 Å². The monoisotopic (exact) mass is 470 g/mol. The maximum absolute atomic E-state index is 10.9. The third kappa shape index (κ3) is 3.93. The zero-order chi connectivity index (χ0) is 24.9. The minimum Gasteiger partial charge on any atom is -0.508 e. The van der Waals surface area contributed by atoms with Crippen LogP contribution in [0.25, 0.3) is 11.6 Å². The minimum absolute atomic E-state index is 0.0983. The fourth-order valence-electron chi connectivity index (χ4n) is 4.88. The van der Waals surface area contributed by atoms with Crippen LogP contribution in [-0.4, -0.2) is 35.7 Å². The molecule has 5 rings (SSSR count). The van der Waals surface area contributed by atoms with Crippen molar-refractivity contribution < 1.29 is 35.7 Å². The summed E-state index contributed by atoms with van der Waals surface area (Å²) in [5.74, 6) is -2.34. The summed E-state index contributed by atoms with van der Waals surface area (Å²) in [5, 5.41) is 71.5. The van der Waals surface area contributed by atoms with Gasteiger partial charge in [0.05, 0.1) is 0 Å². The number of allylic oxidation sites excluding steroid dienone is 1. The first kappa shape index (κ1) is 22.0. The van der Waals surface area contributed by atoms with E-state index in [4.69, 9.17) is 0 Å². The molecule has 2 atom stereocenters. The molecule has 1 aliphatic carbocycles. The van der Waals surface area contributed by atoms with Crippen LogP contribution in [0.15, 0.2) is 72.8 Å². The van der Waals surface area contributed by atoms with E-state index in [0.717, 1.165) is 5.56 Å². The lowest BCUT2D eigenvalue weighted by Gasteiger charge is -2.24. The molecule has 0 spiro atoms. The fourth-order valence-corrected chi connectivity index (χ4v) is 4.88. The Morgan fingerprint density at radius 3 is 1.80 bits per heavy atom. The normalized spacial score (nSPS) is 18.0. The molecule has 0 radical (unpaired) electrons. The number of phenols is 7. The highest BCUT2D eigenvalue weighted by molar-refractivity contribution is 5.93. The lowest BCUT2D eigenvalue weighted by molar-refractivity contribution is 0.402. The van der Waals surface area contributed by atoms with Crippen molar-refractivity contribution in [3.05, 3.63) is 101 Å².